The van der Waals surface area contributed by atoms with Crippen molar-refractivity contribution in [3.8, 4) is 11.1 Å². The topological polar surface area (TPSA) is 105 Å². The molecule has 0 radical (unpaired) electrons. The van der Waals surface area contributed by atoms with Crippen LogP contribution in [0.4, 0.5) is 5.69 Å². The van der Waals surface area contributed by atoms with E-state index in [1.54, 1.807) is 5.38 Å². The normalized spacial score (nSPS) is 11.1. The fourth-order valence-electron chi connectivity index (χ4n) is 3.82. The number of anilines is 1. The second kappa shape index (κ2) is 10.1. The number of nitrogens with two attached hydrogens (primary N) is 1. The maximum atomic E-state index is 12.9. The molecule has 0 aliphatic rings. The van der Waals surface area contributed by atoms with Gasteiger partial charge in [0.15, 0.2) is 0 Å². The number of carbonyl (C=O) groups is 2. The SMILES string of the molecule is Cc1ccc(-c2c(CC(=O)Nc3cscc3C(=O)O)c(C)nc(CC(C)C)c2CN)cc1. The summed E-state index contributed by atoms with van der Waals surface area (Å²) >= 11 is 1.24. The quantitative estimate of drug-likeness (QED) is 0.449. The van der Waals surface area contributed by atoms with Crippen molar-refractivity contribution < 1.29 is 14.7 Å². The van der Waals surface area contributed by atoms with Gasteiger partial charge in [-0.15, -0.1) is 11.3 Å². The Balaban J connectivity index is 2.07. The lowest BCUT2D eigenvalue weighted by Crippen LogP contribution is -2.19. The molecule has 0 bridgehead atoms. The minimum absolute atomic E-state index is 0.0753. The van der Waals surface area contributed by atoms with Crippen LogP contribution in [0.5, 0.6) is 0 Å². The number of thiophene rings is 1. The van der Waals surface area contributed by atoms with E-state index in [2.05, 4.69) is 19.2 Å². The molecule has 2 aromatic heterocycles. The molecule has 3 aromatic rings. The third kappa shape index (κ3) is 5.23. The van der Waals surface area contributed by atoms with E-state index in [-0.39, 0.29) is 17.9 Å². The lowest BCUT2D eigenvalue weighted by atomic mass is 9.88. The van der Waals surface area contributed by atoms with Crippen LogP contribution in [0.15, 0.2) is 35.0 Å². The molecule has 2 heterocycles. The fourth-order valence-corrected chi connectivity index (χ4v) is 4.57. The summed E-state index contributed by atoms with van der Waals surface area (Å²) in [5.74, 6) is -0.938. The predicted octanol–water partition coefficient (Wildman–Crippen LogP) is 4.96. The number of nitrogens with one attached hydrogen (secondary N) is 1. The molecular formula is C25H29N3O3S. The number of carbonyl (C=O) groups excluding carboxylic acids is 1. The van der Waals surface area contributed by atoms with E-state index in [0.717, 1.165) is 45.6 Å². The number of rotatable bonds is 8. The Kier molecular flexibility index (Phi) is 7.43. The molecule has 1 amide bonds. The largest absolute Gasteiger partial charge is 0.478 e. The molecule has 168 valence electrons. The van der Waals surface area contributed by atoms with Crippen LogP contribution in [0, 0.1) is 19.8 Å². The van der Waals surface area contributed by atoms with Gasteiger partial charge in [0, 0.05) is 28.7 Å². The Hall–Kier alpha value is -3.03. The van der Waals surface area contributed by atoms with E-state index in [0.29, 0.717) is 18.2 Å². The molecule has 3 rings (SSSR count). The minimum Gasteiger partial charge on any atom is -0.478 e. The van der Waals surface area contributed by atoms with Crippen LogP contribution < -0.4 is 11.1 Å². The number of carboxylic acids is 1. The summed E-state index contributed by atoms with van der Waals surface area (Å²) in [5, 5.41) is 15.2. The highest BCUT2D eigenvalue weighted by atomic mass is 32.1. The first kappa shape index (κ1) is 23.6. The summed E-state index contributed by atoms with van der Waals surface area (Å²) < 4.78 is 0. The van der Waals surface area contributed by atoms with Crippen molar-refractivity contribution in [3.63, 3.8) is 0 Å². The highest BCUT2D eigenvalue weighted by molar-refractivity contribution is 7.08. The minimum atomic E-state index is -1.07. The molecule has 0 spiro atoms. The van der Waals surface area contributed by atoms with Crippen LogP contribution in [0.1, 0.15) is 52.3 Å². The Labute approximate surface area is 192 Å². The van der Waals surface area contributed by atoms with Crippen molar-refractivity contribution in [2.24, 2.45) is 11.7 Å². The fraction of sp³-hybridized carbons (Fsp3) is 0.320. The maximum absolute atomic E-state index is 12.9. The Morgan fingerprint density at radius 3 is 2.41 bits per heavy atom. The van der Waals surface area contributed by atoms with Crippen molar-refractivity contribution in [2.45, 2.75) is 47.1 Å². The first-order chi connectivity index (χ1) is 15.2. The van der Waals surface area contributed by atoms with Gasteiger partial charge in [-0.25, -0.2) is 4.79 Å². The summed E-state index contributed by atoms with van der Waals surface area (Å²) in [7, 11) is 0. The number of aromatic nitrogens is 1. The van der Waals surface area contributed by atoms with Gasteiger partial charge in [-0.1, -0.05) is 43.7 Å². The van der Waals surface area contributed by atoms with Crippen LogP contribution >= 0.6 is 11.3 Å². The number of hydrogen-bond acceptors (Lipinski definition) is 5. The standard InChI is InChI=1S/C25H29N3O3S/c1-14(2)9-21-19(11-26)24(17-7-5-15(3)6-8-17)18(16(4)27-21)10-23(29)28-22-13-32-12-20(22)25(30)31/h5-8,12-14H,9-11,26H2,1-4H3,(H,28,29)(H,30,31). The number of nitrogens with zero attached hydrogens (tertiary/aromatic N) is 1. The molecule has 0 atom stereocenters. The number of pyridine rings is 1. The monoisotopic (exact) mass is 451 g/mol. The van der Waals surface area contributed by atoms with Gasteiger partial charge in [0.25, 0.3) is 0 Å². The summed E-state index contributed by atoms with van der Waals surface area (Å²) in [6.45, 7) is 8.56. The molecule has 0 saturated carbocycles. The van der Waals surface area contributed by atoms with E-state index in [9.17, 15) is 14.7 Å². The number of aromatic carboxylic acids is 1. The smallest absolute Gasteiger partial charge is 0.338 e. The van der Waals surface area contributed by atoms with Gasteiger partial charge in [0.05, 0.1) is 17.7 Å². The molecule has 0 fully saturated rings. The van der Waals surface area contributed by atoms with Crippen LogP contribution in [0.25, 0.3) is 11.1 Å². The first-order valence-electron chi connectivity index (χ1n) is 10.6. The Bertz CT molecular complexity index is 1130. The molecule has 0 aliphatic carbocycles. The van der Waals surface area contributed by atoms with E-state index in [4.69, 9.17) is 10.7 Å². The van der Waals surface area contributed by atoms with Gasteiger partial charge < -0.3 is 16.2 Å². The number of carboxylic acid groups (broad SMARTS) is 1. The Morgan fingerprint density at radius 2 is 1.81 bits per heavy atom. The zero-order chi connectivity index (χ0) is 23.4. The van der Waals surface area contributed by atoms with Crippen molar-refractivity contribution in [3.05, 3.63) is 68.7 Å². The second-order valence-electron chi connectivity index (χ2n) is 8.37. The molecule has 4 N–H and O–H groups in total. The summed E-state index contributed by atoms with van der Waals surface area (Å²) in [6.07, 6.45) is 0.876. The van der Waals surface area contributed by atoms with Crippen molar-refractivity contribution in [1.29, 1.82) is 0 Å². The van der Waals surface area contributed by atoms with E-state index in [1.807, 2.05) is 38.1 Å². The lowest BCUT2D eigenvalue weighted by molar-refractivity contribution is -0.115. The van der Waals surface area contributed by atoms with Crippen molar-refractivity contribution >= 4 is 28.9 Å². The predicted molar refractivity (Wildman–Crippen MR) is 129 cm³/mol. The average Bonchev–Trinajstić information content (AvgIpc) is 3.18. The highest BCUT2D eigenvalue weighted by Gasteiger charge is 2.22. The molecule has 6 nitrogen and oxygen atoms in total. The van der Waals surface area contributed by atoms with Gasteiger partial charge in [-0.3, -0.25) is 9.78 Å². The molecule has 0 aliphatic heterocycles. The molecule has 32 heavy (non-hydrogen) atoms. The Morgan fingerprint density at radius 1 is 1.12 bits per heavy atom. The van der Waals surface area contributed by atoms with Gasteiger partial charge in [0.2, 0.25) is 5.91 Å². The molecule has 0 saturated heterocycles. The van der Waals surface area contributed by atoms with Crippen molar-refractivity contribution in [2.75, 3.05) is 5.32 Å². The molecular weight excluding hydrogens is 422 g/mol. The molecule has 7 heteroatoms. The molecule has 0 unspecified atom stereocenters. The number of hydrogen-bond donors (Lipinski definition) is 3. The van der Waals surface area contributed by atoms with Gasteiger partial charge in [0.1, 0.15) is 0 Å². The van der Waals surface area contributed by atoms with Gasteiger partial charge in [-0.05, 0) is 48.4 Å². The van der Waals surface area contributed by atoms with Crippen LogP contribution in [-0.2, 0) is 24.2 Å². The van der Waals surface area contributed by atoms with E-state index < -0.39 is 5.97 Å². The van der Waals surface area contributed by atoms with Crippen molar-refractivity contribution in [1.82, 2.24) is 4.98 Å². The summed E-state index contributed by atoms with van der Waals surface area (Å²) in [6, 6.07) is 8.18. The highest BCUT2D eigenvalue weighted by Crippen LogP contribution is 2.33. The third-order valence-corrected chi connectivity index (χ3v) is 6.08. The number of benzene rings is 1. The average molecular weight is 452 g/mol. The van der Waals surface area contributed by atoms with Crippen LogP contribution in [-0.4, -0.2) is 22.0 Å². The van der Waals surface area contributed by atoms with E-state index in [1.165, 1.54) is 16.7 Å². The maximum Gasteiger partial charge on any atom is 0.338 e. The van der Waals surface area contributed by atoms with E-state index >= 15 is 0 Å². The lowest BCUT2D eigenvalue weighted by Gasteiger charge is -2.21. The summed E-state index contributed by atoms with van der Waals surface area (Å²) in [4.78, 5) is 29.2. The third-order valence-electron chi connectivity index (χ3n) is 5.34. The number of aryl methyl sites for hydroxylation is 2. The van der Waals surface area contributed by atoms with Crippen LogP contribution in [0.3, 0.4) is 0 Å². The van der Waals surface area contributed by atoms with Gasteiger partial charge in [-0.2, -0.15) is 0 Å². The first-order valence-corrected chi connectivity index (χ1v) is 11.5. The zero-order valence-electron chi connectivity index (χ0n) is 18.9. The van der Waals surface area contributed by atoms with Gasteiger partial charge >= 0.3 is 5.97 Å². The second-order valence-corrected chi connectivity index (χ2v) is 9.12. The van der Waals surface area contributed by atoms with Crippen LogP contribution in [0.2, 0.25) is 0 Å². The molecule has 1 aromatic carbocycles. The zero-order valence-corrected chi connectivity index (χ0v) is 19.7. The summed E-state index contributed by atoms with van der Waals surface area (Å²) in [5.41, 5.74) is 13.2. The number of amides is 1.